The molecule has 1 amide bonds. The average Bonchev–Trinajstić information content (AvgIpc) is 3.20. The maximum atomic E-state index is 13.0. The van der Waals surface area contributed by atoms with E-state index in [0.29, 0.717) is 6.54 Å². The van der Waals surface area contributed by atoms with E-state index in [-0.39, 0.29) is 28.8 Å². The second-order valence-corrected chi connectivity index (χ2v) is 8.83. The van der Waals surface area contributed by atoms with Crippen LogP contribution in [0.1, 0.15) is 62.1 Å². The zero-order chi connectivity index (χ0) is 19.4. The number of hydrogen-bond acceptors (Lipinski definition) is 4. The van der Waals surface area contributed by atoms with Crippen LogP contribution in [0, 0.1) is 19.8 Å². The molecule has 1 fully saturated rings. The van der Waals surface area contributed by atoms with Crippen LogP contribution in [0.5, 0.6) is 5.75 Å². The predicted molar refractivity (Wildman–Crippen MR) is 103 cm³/mol. The summed E-state index contributed by atoms with van der Waals surface area (Å²) in [6, 6.07) is 8.17. The molecule has 0 saturated heterocycles. The van der Waals surface area contributed by atoms with Gasteiger partial charge in [-0.2, -0.15) is 0 Å². The lowest BCUT2D eigenvalue weighted by Crippen LogP contribution is -2.40. The molecule has 2 aromatic rings. The number of amides is 1. The van der Waals surface area contributed by atoms with Gasteiger partial charge in [-0.15, -0.1) is 0 Å². The summed E-state index contributed by atoms with van der Waals surface area (Å²) < 4.78 is 11.4. The van der Waals surface area contributed by atoms with Crippen molar-refractivity contribution in [3.63, 3.8) is 0 Å². The number of ether oxygens (including phenoxy) is 1. The summed E-state index contributed by atoms with van der Waals surface area (Å²) in [4.78, 5) is 13.0. The van der Waals surface area contributed by atoms with E-state index in [4.69, 9.17) is 9.26 Å². The lowest BCUT2D eigenvalue weighted by atomic mass is 9.80. The van der Waals surface area contributed by atoms with Crippen LogP contribution in [0.3, 0.4) is 0 Å². The molecule has 1 aromatic heterocycles. The Morgan fingerprint density at radius 3 is 2.78 bits per heavy atom. The van der Waals surface area contributed by atoms with Gasteiger partial charge in [-0.1, -0.05) is 30.3 Å². The molecule has 1 saturated carbocycles. The topological polar surface area (TPSA) is 64.4 Å². The molecule has 1 aromatic carbocycles. The minimum absolute atomic E-state index is 0.0127. The molecule has 1 unspecified atom stereocenters. The fraction of sp³-hybridized carbons (Fsp3) is 0.545. The highest BCUT2D eigenvalue weighted by atomic mass is 16.5. The number of rotatable bonds is 4. The van der Waals surface area contributed by atoms with Crippen molar-refractivity contribution in [2.24, 2.45) is 5.92 Å². The van der Waals surface area contributed by atoms with Gasteiger partial charge < -0.3 is 14.6 Å². The second-order valence-electron chi connectivity index (χ2n) is 8.83. The number of carbonyl (C=O) groups is 1. The molecule has 27 heavy (non-hydrogen) atoms. The van der Waals surface area contributed by atoms with Crippen molar-refractivity contribution in [2.45, 2.75) is 64.4 Å². The van der Waals surface area contributed by atoms with Crippen LogP contribution < -0.4 is 10.1 Å². The van der Waals surface area contributed by atoms with Crippen molar-refractivity contribution < 1.29 is 14.1 Å². The molecular formula is C22H28N2O3. The smallest absolute Gasteiger partial charge is 0.224 e. The third-order valence-corrected chi connectivity index (χ3v) is 6.11. The molecule has 3 atom stereocenters. The van der Waals surface area contributed by atoms with E-state index in [1.807, 2.05) is 32.0 Å². The molecule has 144 valence electrons. The van der Waals surface area contributed by atoms with Gasteiger partial charge in [0, 0.05) is 34.9 Å². The minimum Gasteiger partial charge on any atom is -0.488 e. The molecule has 1 N–H and O–H groups in total. The van der Waals surface area contributed by atoms with E-state index in [1.165, 1.54) is 5.56 Å². The Hall–Kier alpha value is -2.30. The number of aryl methyl sites for hydroxylation is 2. The summed E-state index contributed by atoms with van der Waals surface area (Å²) in [6.45, 7) is 10.8. The van der Waals surface area contributed by atoms with E-state index in [9.17, 15) is 4.79 Å². The van der Waals surface area contributed by atoms with E-state index in [1.54, 1.807) is 0 Å². The van der Waals surface area contributed by atoms with Gasteiger partial charge in [-0.3, -0.25) is 4.79 Å². The normalized spacial score (nSPS) is 26.2. The molecule has 2 aliphatic rings. The van der Waals surface area contributed by atoms with Gasteiger partial charge in [-0.25, -0.2) is 0 Å². The van der Waals surface area contributed by atoms with Gasteiger partial charge in [0.2, 0.25) is 5.91 Å². The lowest BCUT2D eigenvalue weighted by Gasteiger charge is -2.38. The second kappa shape index (κ2) is 6.11. The quantitative estimate of drug-likeness (QED) is 0.885. The van der Waals surface area contributed by atoms with Gasteiger partial charge in [0.15, 0.2) is 0 Å². The Bertz CT molecular complexity index is 866. The maximum absolute atomic E-state index is 13.0. The van der Waals surface area contributed by atoms with Gasteiger partial charge >= 0.3 is 0 Å². The molecule has 1 aliphatic carbocycles. The van der Waals surface area contributed by atoms with Crippen LogP contribution in [0.4, 0.5) is 0 Å². The standard InChI is InChI=1S/C22H28N2O3/c1-13(19-14(2)24-27-15(19)3)11-23-20(25)17-10-22(17)12-21(4,5)26-18-9-7-6-8-16(18)22/h6-9,13,17H,10-12H2,1-5H3,(H,23,25)/t13?,17-,22+/m1/s1. The van der Waals surface area contributed by atoms with Gasteiger partial charge in [-0.05, 0) is 46.6 Å². The summed E-state index contributed by atoms with van der Waals surface area (Å²) in [5.74, 6) is 2.08. The molecule has 1 spiro atoms. The number of fused-ring (bicyclic) bond motifs is 2. The first kappa shape index (κ1) is 18.1. The van der Waals surface area contributed by atoms with Crippen molar-refractivity contribution in [1.82, 2.24) is 10.5 Å². The molecule has 0 radical (unpaired) electrons. The average molecular weight is 368 g/mol. The van der Waals surface area contributed by atoms with Crippen molar-refractivity contribution in [1.29, 1.82) is 0 Å². The number of nitrogens with zero attached hydrogens (tertiary/aromatic N) is 1. The van der Waals surface area contributed by atoms with E-state index < -0.39 is 0 Å². The molecule has 5 nitrogen and oxygen atoms in total. The van der Waals surface area contributed by atoms with Crippen LogP contribution in [-0.4, -0.2) is 23.2 Å². The summed E-state index contributed by atoms with van der Waals surface area (Å²) in [6.07, 6.45) is 1.76. The summed E-state index contributed by atoms with van der Waals surface area (Å²) in [5.41, 5.74) is 2.83. The molecule has 4 rings (SSSR count). The predicted octanol–water partition coefficient (Wildman–Crippen LogP) is 4.03. The van der Waals surface area contributed by atoms with Crippen LogP contribution in [-0.2, 0) is 10.2 Å². The van der Waals surface area contributed by atoms with Gasteiger partial charge in [0.25, 0.3) is 0 Å². The number of benzene rings is 1. The molecule has 1 aliphatic heterocycles. The Labute approximate surface area is 160 Å². The number of para-hydroxylation sites is 1. The van der Waals surface area contributed by atoms with Crippen molar-refractivity contribution in [3.05, 3.63) is 46.8 Å². The van der Waals surface area contributed by atoms with Gasteiger partial charge in [0.05, 0.1) is 5.69 Å². The lowest BCUT2D eigenvalue weighted by molar-refractivity contribution is -0.123. The Morgan fingerprint density at radius 2 is 2.07 bits per heavy atom. The number of carbonyl (C=O) groups excluding carboxylic acids is 1. The summed E-state index contributed by atoms with van der Waals surface area (Å²) >= 11 is 0. The van der Waals surface area contributed by atoms with Crippen molar-refractivity contribution in [3.8, 4) is 5.75 Å². The summed E-state index contributed by atoms with van der Waals surface area (Å²) in [7, 11) is 0. The number of aromatic nitrogens is 1. The van der Waals surface area contributed by atoms with Crippen LogP contribution >= 0.6 is 0 Å². The van der Waals surface area contributed by atoms with Crippen LogP contribution in [0.2, 0.25) is 0 Å². The Kier molecular flexibility index (Phi) is 4.09. The van der Waals surface area contributed by atoms with Crippen LogP contribution in [0.15, 0.2) is 28.8 Å². The first-order valence-electron chi connectivity index (χ1n) is 9.72. The van der Waals surface area contributed by atoms with Crippen molar-refractivity contribution in [2.75, 3.05) is 6.54 Å². The zero-order valence-electron chi connectivity index (χ0n) is 16.8. The zero-order valence-corrected chi connectivity index (χ0v) is 16.8. The van der Waals surface area contributed by atoms with Gasteiger partial charge in [0.1, 0.15) is 17.1 Å². The van der Waals surface area contributed by atoms with E-state index >= 15 is 0 Å². The fourth-order valence-corrected chi connectivity index (χ4v) is 4.97. The highest BCUT2D eigenvalue weighted by Gasteiger charge is 2.63. The SMILES string of the molecule is Cc1noc(C)c1C(C)CNC(=O)[C@H]1C[C@@]12CC(C)(C)Oc1ccccc12. The Morgan fingerprint density at radius 1 is 1.33 bits per heavy atom. The van der Waals surface area contributed by atoms with E-state index in [0.717, 1.165) is 35.6 Å². The highest BCUT2D eigenvalue weighted by molar-refractivity contribution is 5.85. The minimum atomic E-state index is -0.257. The van der Waals surface area contributed by atoms with E-state index in [2.05, 4.69) is 37.3 Å². The molecule has 2 heterocycles. The third kappa shape index (κ3) is 3.03. The molecule has 0 bridgehead atoms. The van der Waals surface area contributed by atoms with Crippen molar-refractivity contribution >= 4 is 5.91 Å². The largest absolute Gasteiger partial charge is 0.488 e. The number of hydrogen-bond donors (Lipinski definition) is 1. The summed E-state index contributed by atoms with van der Waals surface area (Å²) in [5, 5.41) is 7.19. The first-order chi connectivity index (χ1) is 12.7. The monoisotopic (exact) mass is 368 g/mol. The highest BCUT2D eigenvalue weighted by Crippen LogP contribution is 2.63. The number of nitrogens with one attached hydrogen (secondary N) is 1. The fourth-order valence-electron chi connectivity index (χ4n) is 4.97. The maximum Gasteiger partial charge on any atom is 0.224 e. The first-order valence-corrected chi connectivity index (χ1v) is 9.72. The Balaban J connectivity index is 1.48. The molecular weight excluding hydrogens is 340 g/mol. The molecule has 5 heteroatoms. The third-order valence-electron chi connectivity index (χ3n) is 6.11. The van der Waals surface area contributed by atoms with Crippen LogP contribution in [0.25, 0.3) is 0 Å².